The van der Waals surface area contributed by atoms with Gasteiger partial charge in [0.1, 0.15) is 11.5 Å². The van der Waals surface area contributed by atoms with Crippen LogP contribution >= 0.6 is 0 Å². The van der Waals surface area contributed by atoms with Crippen LogP contribution in [0.2, 0.25) is 0 Å². The van der Waals surface area contributed by atoms with Crippen molar-refractivity contribution < 1.29 is 14.3 Å². The summed E-state index contributed by atoms with van der Waals surface area (Å²) in [5, 5.41) is 2.97. The zero-order chi connectivity index (χ0) is 19.1. The maximum Gasteiger partial charge on any atom is 0.261 e. The van der Waals surface area contributed by atoms with Crippen LogP contribution in [-0.2, 0) is 11.3 Å². The molecule has 2 rings (SSSR count). The van der Waals surface area contributed by atoms with Crippen LogP contribution in [-0.4, -0.2) is 18.1 Å². The Labute approximate surface area is 156 Å². The van der Waals surface area contributed by atoms with Crippen molar-refractivity contribution >= 4 is 5.91 Å². The highest BCUT2D eigenvalue weighted by atomic mass is 16.5. The molecule has 0 saturated heterocycles. The van der Waals surface area contributed by atoms with Gasteiger partial charge in [-0.05, 0) is 69.0 Å². The Morgan fingerprint density at radius 1 is 1.08 bits per heavy atom. The molecule has 4 heteroatoms. The number of carbonyl (C=O) groups is 1. The first-order valence-electron chi connectivity index (χ1n) is 9.16. The molecule has 1 amide bonds. The first kappa shape index (κ1) is 19.8. The van der Waals surface area contributed by atoms with Crippen LogP contribution in [0.15, 0.2) is 42.5 Å². The Balaban J connectivity index is 1.98. The fourth-order valence-electron chi connectivity index (χ4n) is 2.63. The smallest absolute Gasteiger partial charge is 0.261 e. The van der Waals surface area contributed by atoms with Gasteiger partial charge in [-0.3, -0.25) is 4.79 Å². The van der Waals surface area contributed by atoms with Crippen molar-refractivity contribution in [2.45, 2.75) is 59.8 Å². The molecule has 140 valence electrons. The molecule has 0 radical (unpaired) electrons. The standard InChI is InChI=1S/C22H29NO3/c1-6-20(26-21-12-7-9-16(4)17(21)5)22(24)23-14-18-10-8-11-19(13-18)25-15(2)3/h7-13,15,20H,6,14H2,1-5H3,(H,23,24)/t20-/m1/s1. The van der Waals surface area contributed by atoms with E-state index in [-0.39, 0.29) is 12.0 Å². The van der Waals surface area contributed by atoms with E-state index >= 15 is 0 Å². The first-order chi connectivity index (χ1) is 12.4. The summed E-state index contributed by atoms with van der Waals surface area (Å²) in [6.45, 7) is 10.4. The van der Waals surface area contributed by atoms with Gasteiger partial charge in [-0.1, -0.05) is 31.2 Å². The van der Waals surface area contributed by atoms with Crippen molar-refractivity contribution in [3.8, 4) is 11.5 Å². The van der Waals surface area contributed by atoms with Gasteiger partial charge in [-0.15, -0.1) is 0 Å². The minimum atomic E-state index is -0.509. The summed E-state index contributed by atoms with van der Waals surface area (Å²) < 4.78 is 11.7. The lowest BCUT2D eigenvalue weighted by Crippen LogP contribution is -2.37. The minimum Gasteiger partial charge on any atom is -0.491 e. The van der Waals surface area contributed by atoms with E-state index in [1.807, 2.05) is 77.1 Å². The molecule has 2 aromatic rings. The zero-order valence-electron chi connectivity index (χ0n) is 16.3. The lowest BCUT2D eigenvalue weighted by molar-refractivity contribution is -0.128. The van der Waals surface area contributed by atoms with Gasteiger partial charge in [0.15, 0.2) is 6.10 Å². The number of carbonyl (C=O) groups excluding carboxylic acids is 1. The molecule has 0 aromatic heterocycles. The molecule has 0 bridgehead atoms. The molecular weight excluding hydrogens is 326 g/mol. The Bertz CT molecular complexity index is 740. The normalized spacial score (nSPS) is 11.9. The van der Waals surface area contributed by atoms with Crippen molar-refractivity contribution in [1.82, 2.24) is 5.32 Å². The number of nitrogens with one attached hydrogen (secondary N) is 1. The Hall–Kier alpha value is -2.49. The van der Waals surface area contributed by atoms with Crippen LogP contribution in [0.4, 0.5) is 0 Å². The maximum atomic E-state index is 12.5. The molecule has 0 fully saturated rings. The number of amides is 1. The van der Waals surface area contributed by atoms with E-state index < -0.39 is 6.10 Å². The fourth-order valence-corrected chi connectivity index (χ4v) is 2.63. The quantitative estimate of drug-likeness (QED) is 0.755. The van der Waals surface area contributed by atoms with E-state index in [1.165, 1.54) is 0 Å². The molecule has 0 aliphatic carbocycles. The van der Waals surface area contributed by atoms with E-state index in [0.29, 0.717) is 13.0 Å². The molecule has 2 aromatic carbocycles. The fraction of sp³-hybridized carbons (Fsp3) is 0.409. The van der Waals surface area contributed by atoms with E-state index in [9.17, 15) is 4.79 Å². The van der Waals surface area contributed by atoms with Crippen molar-refractivity contribution in [2.75, 3.05) is 0 Å². The van der Waals surface area contributed by atoms with Gasteiger partial charge < -0.3 is 14.8 Å². The zero-order valence-corrected chi connectivity index (χ0v) is 16.3. The van der Waals surface area contributed by atoms with Gasteiger partial charge in [0.05, 0.1) is 6.10 Å². The second-order valence-corrected chi connectivity index (χ2v) is 6.74. The van der Waals surface area contributed by atoms with Gasteiger partial charge in [0.25, 0.3) is 5.91 Å². The summed E-state index contributed by atoms with van der Waals surface area (Å²) >= 11 is 0. The Kier molecular flexibility index (Phi) is 7.07. The summed E-state index contributed by atoms with van der Waals surface area (Å²) in [4.78, 5) is 12.5. The highest BCUT2D eigenvalue weighted by molar-refractivity contribution is 5.81. The maximum absolute atomic E-state index is 12.5. The molecule has 0 unspecified atom stereocenters. The third kappa shape index (κ3) is 5.51. The molecule has 4 nitrogen and oxygen atoms in total. The number of aryl methyl sites for hydroxylation is 1. The second-order valence-electron chi connectivity index (χ2n) is 6.74. The van der Waals surface area contributed by atoms with E-state index in [0.717, 1.165) is 28.2 Å². The monoisotopic (exact) mass is 355 g/mol. The predicted octanol–water partition coefficient (Wildman–Crippen LogP) is 4.56. The number of ether oxygens (including phenoxy) is 2. The molecule has 26 heavy (non-hydrogen) atoms. The van der Waals surface area contributed by atoms with Crippen molar-refractivity contribution in [3.63, 3.8) is 0 Å². The summed E-state index contributed by atoms with van der Waals surface area (Å²) in [6.07, 6.45) is 0.219. The van der Waals surface area contributed by atoms with Crippen LogP contribution in [0, 0.1) is 13.8 Å². The molecule has 0 heterocycles. The number of benzene rings is 2. The predicted molar refractivity (Wildman–Crippen MR) is 105 cm³/mol. The lowest BCUT2D eigenvalue weighted by atomic mass is 10.1. The molecule has 0 spiro atoms. The third-order valence-electron chi connectivity index (χ3n) is 4.22. The largest absolute Gasteiger partial charge is 0.491 e. The summed E-state index contributed by atoms with van der Waals surface area (Å²) in [5.74, 6) is 1.47. The van der Waals surface area contributed by atoms with Crippen LogP contribution in [0.25, 0.3) is 0 Å². The first-order valence-corrected chi connectivity index (χ1v) is 9.16. The highest BCUT2D eigenvalue weighted by Gasteiger charge is 2.19. The van der Waals surface area contributed by atoms with Crippen molar-refractivity contribution in [2.24, 2.45) is 0 Å². The van der Waals surface area contributed by atoms with Crippen LogP contribution in [0.3, 0.4) is 0 Å². The van der Waals surface area contributed by atoms with Gasteiger partial charge in [0, 0.05) is 6.54 Å². The van der Waals surface area contributed by atoms with Crippen LogP contribution in [0.1, 0.15) is 43.9 Å². The van der Waals surface area contributed by atoms with E-state index in [1.54, 1.807) is 0 Å². The topological polar surface area (TPSA) is 47.6 Å². The number of hydrogen-bond donors (Lipinski definition) is 1. The van der Waals surface area contributed by atoms with Crippen molar-refractivity contribution in [1.29, 1.82) is 0 Å². The lowest BCUT2D eigenvalue weighted by Gasteiger charge is -2.19. The number of hydrogen-bond acceptors (Lipinski definition) is 3. The Morgan fingerprint density at radius 3 is 2.50 bits per heavy atom. The molecule has 0 aliphatic rings. The SMILES string of the molecule is CC[C@@H](Oc1cccc(C)c1C)C(=O)NCc1cccc(OC(C)C)c1. The van der Waals surface area contributed by atoms with Crippen LogP contribution < -0.4 is 14.8 Å². The third-order valence-corrected chi connectivity index (χ3v) is 4.22. The molecule has 1 atom stereocenters. The van der Waals surface area contributed by atoms with Gasteiger partial charge >= 0.3 is 0 Å². The summed E-state index contributed by atoms with van der Waals surface area (Å²) in [5.41, 5.74) is 3.22. The van der Waals surface area contributed by atoms with E-state index in [4.69, 9.17) is 9.47 Å². The second kappa shape index (κ2) is 9.27. The van der Waals surface area contributed by atoms with Gasteiger partial charge in [-0.25, -0.2) is 0 Å². The number of rotatable bonds is 8. The molecular formula is C22H29NO3. The van der Waals surface area contributed by atoms with Gasteiger partial charge in [-0.2, -0.15) is 0 Å². The van der Waals surface area contributed by atoms with E-state index in [2.05, 4.69) is 5.32 Å². The molecule has 1 N–H and O–H groups in total. The minimum absolute atomic E-state index is 0.108. The molecule has 0 saturated carbocycles. The average molecular weight is 355 g/mol. The Morgan fingerprint density at radius 2 is 1.81 bits per heavy atom. The summed E-state index contributed by atoms with van der Waals surface area (Å²) in [6, 6.07) is 13.7. The van der Waals surface area contributed by atoms with Crippen LogP contribution in [0.5, 0.6) is 11.5 Å². The van der Waals surface area contributed by atoms with Gasteiger partial charge in [0.2, 0.25) is 0 Å². The average Bonchev–Trinajstić information content (AvgIpc) is 2.60. The van der Waals surface area contributed by atoms with Crippen molar-refractivity contribution in [3.05, 3.63) is 59.2 Å². The highest BCUT2D eigenvalue weighted by Crippen LogP contribution is 2.22. The summed E-state index contributed by atoms with van der Waals surface area (Å²) in [7, 11) is 0. The molecule has 0 aliphatic heterocycles.